The van der Waals surface area contributed by atoms with Crippen molar-refractivity contribution in [2.45, 2.75) is 25.3 Å². The molecule has 0 saturated carbocycles. The lowest BCUT2D eigenvalue weighted by Gasteiger charge is -2.04. The van der Waals surface area contributed by atoms with Gasteiger partial charge in [-0.25, -0.2) is 0 Å². The van der Waals surface area contributed by atoms with Crippen LogP contribution < -0.4 is 5.32 Å². The van der Waals surface area contributed by atoms with E-state index in [1.807, 2.05) is 0 Å². The predicted molar refractivity (Wildman–Crippen MR) is 52.5 cm³/mol. The van der Waals surface area contributed by atoms with Gasteiger partial charge in [0.1, 0.15) is 0 Å². The monoisotopic (exact) mass is 183 g/mol. The van der Waals surface area contributed by atoms with E-state index >= 15 is 0 Å². The van der Waals surface area contributed by atoms with E-state index in [9.17, 15) is 0 Å². The second-order valence-corrected chi connectivity index (χ2v) is 7.43. The summed E-state index contributed by atoms with van der Waals surface area (Å²) in [5, 5.41) is 3.95. The second kappa shape index (κ2) is 2.95. The average molecular weight is 183 g/mol. The van der Waals surface area contributed by atoms with Gasteiger partial charge in [-0.3, -0.25) is 5.32 Å². The molecule has 1 heterocycles. The normalized spacial score (nSPS) is 35.0. The summed E-state index contributed by atoms with van der Waals surface area (Å²) in [6.45, 7) is 4.44. The van der Waals surface area contributed by atoms with E-state index in [2.05, 4.69) is 42.5 Å². The zero-order chi connectivity index (χ0) is 7.02. The topological polar surface area (TPSA) is 21.9 Å². The van der Waals surface area contributed by atoms with Crippen molar-refractivity contribution in [1.82, 2.24) is 5.32 Å². The van der Waals surface area contributed by atoms with Gasteiger partial charge in [0.2, 0.25) is 0 Å². The highest BCUT2D eigenvalue weighted by Crippen LogP contribution is 2.48. The minimum absolute atomic E-state index is 0.342. The summed E-state index contributed by atoms with van der Waals surface area (Å²) in [4.78, 5) is 0. The van der Waals surface area contributed by atoms with Crippen LogP contribution in [0.4, 0.5) is 0 Å². The Morgan fingerprint density at radius 1 is 1.44 bits per heavy atom. The zero-order valence-electron chi connectivity index (χ0n) is 5.57. The number of hydrogen-bond acceptors (Lipinski definition) is 3. The van der Waals surface area contributed by atoms with Gasteiger partial charge in [0.15, 0.2) is 0 Å². The minimum atomic E-state index is -0.342. The lowest BCUT2D eigenvalue weighted by Crippen LogP contribution is -2.01. The number of nitrogens with one attached hydrogen (secondary N) is 1. The smallest absolute Gasteiger partial charge is 0.0676 e. The van der Waals surface area contributed by atoms with Crippen LogP contribution in [0.25, 0.3) is 0 Å². The first kappa shape index (κ1) is 8.11. The Kier molecular flexibility index (Phi) is 2.65. The van der Waals surface area contributed by atoms with Crippen molar-refractivity contribution in [3.63, 3.8) is 0 Å². The third kappa shape index (κ3) is 1.97. The molecule has 9 heavy (non-hydrogen) atoms. The predicted octanol–water partition coefficient (Wildman–Crippen LogP) is 1.63. The summed E-state index contributed by atoms with van der Waals surface area (Å²) in [6.07, 6.45) is 0. The molecule has 4 heteroatoms. The maximum absolute atomic E-state index is 4.28. The van der Waals surface area contributed by atoms with Gasteiger partial charge < -0.3 is 0 Å². The van der Waals surface area contributed by atoms with E-state index in [0.717, 1.165) is 5.92 Å². The minimum Gasteiger partial charge on any atom is -0.299 e. The molecule has 1 aliphatic heterocycles. The Bertz CT molecular complexity index is 92.4. The highest BCUT2D eigenvalue weighted by Gasteiger charge is 2.40. The molecule has 1 aliphatic rings. The molecule has 1 N–H and O–H groups in total. The van der Waals surface area contributed by atoms with Gasteiger partial charge in [-0.1, -0.05) is 13.8 Å². The maximum Gasteiger partial charge on any atom is 0.0676 e. The molecule has 0 spiro atoms. The summed E-state index contributed by atoms with van der Waals surface area (Å²) in [7, 11) is -0.342. The summed E-state index contributed by atoms with van der Waals surface area (Å²) in [5.74, 6) is 0.735. The highest BCUT2D eigenvalue weighted by molar-refractivity contribution is 9.09. The molecule has 0 aromatic carbocycles. The van der Waals surface area contributed by atoms with Crippen LogP contribution in [0.3, 0.4) is 0 Å². The van der Waals surface area contributed by atoms with Crippen molar-refractivity contribution in [2.24, 2.45) is 5.92 Å². The number of thiol groups is 3. The molecule has 0 amide bonds. The van der Waals surface area contributed by atoms with E-state index in [1.54, 1.807) is 0 Å². The third-order valence-corrected chi connectivity index (χ3v) is 4.02. The molecule has 0 radical (unpaired) electrons. The molecule has 2 atom stereocenters. The fourth-order valence-electron chi connectivity index (χ4n) is 0.909. The fraction of sp³-hybridized carbons (Fsp3) is 1.00. The van der Waals surface area contributed by atoms with Crippen molar-refractivity contribution < 1.29 is 0 Å². The van der Waals surface area contributed by atoms with E-state index in [4.69, 9.17) is 0 Å². The molecule has 0 bridgehead atoms. The first-order chi connectivity index (χ1) is 4.13. The van der Waals surface area contributed by atoms with E-state index < -0.39 is 0 Å². The van der Waals surface area contributed by atoms with Crippen LogP contribution in [0.1, 0.15) is 13.8 Å². The molecule has 1 fully saturated rings. The van der Waals surface area contributed by atoms with E-state index in [1.165, 1.54) is 0 Å². The lowest BCUT2D eigenvalue weighted by atomic mass is 10.1. The van der Waals surface area contributed by atoms with Crippen LogP contribution >= 0.6 is 32.3 Å². The molecular weight excluding hydrogens is 170 g/mol. The lowest BCUT2D eigenvalue weighted by molar-refractivity contribution is 0.630. The average Bonchev–Trinajstić information content (AvgIpc) is 2.39. The van der Waals surface area contributed by atoms with Gasteiger partial charge in [0.25, 0.3) is 0 Å². The van der Waals surface area contributed by atoms with Crippen molar-refractivity contribution in [3.8, 4) is 0 Å². The van der Waals surface area contributed by atoms with Gasteiger partial charge in [-0.2, -0.15) is 0 Å². The van der Waals surface area contributed by atoms with E-state index in [0.29, 0.717) is 11.4 Å². The Labute approximate surface area is 68.9 Å². The molecule has 1 rings (SSSR count). The van der Waals surface area contributed by atoms with Crippen LogP contribution in [-0.2, 0) is 0 Å². The van der Waals surface area contributed by atoms with Gasteiger partial charge in [0.05, 0.1) is 5.37 Å². The van der Waals surface area contributed by atoms with Gasteiger partial charge in [0, 0.05) is 6.04 Å². The maximum atomic E-state index is 4.28. The SMILES string of the molecule is CC(C)[C@@H]1N[C@H]1[SH](S)S. The van der Waals surface area contributed by atoms with Gasteiger partial charge in [-0.15, -0.1) is 32.3 Å². The van der Waals surface area contributed by atoms with Crippen LogP contribution in [0.5, 0.6) is 0 Å². The van der Waals surface area contributed by atoms with Gasteiger partial charge >= 0.3 is 0 Å². The van der Waals surface area contributed by atoms with Crippen LogP contribution in [0.2, 0.25) is 0 Å². The molecule has 0 aromatic heterocycles. The van der Waals surface area contributed by atoms with Crippen molar-refractivity contribution in [1.29, 1.82) is 0 Å². The Balaban J connectivity index is 2.24. The van der Waals surface area contributed by atoms with Crippen molar-refractivity contribution in [3.05, 3.63) is 0 Å². The summed E-state index contributed by atoms with van der Waals surface area (Å²) in [5.41, 5.74) is 0. The van der Waals surface area contributed by atoms with Crippen molar-refractivity contribution in [2.75, 3.05) is 0 Å². The molecule has 56 valence electrons. The Morgan fingerprint density at radius 2 is 2.00 bits per heavy atom. The largest absolute Gasteiger partial charge is 0.299 e. The van der Waals surface area contributed by atoms with Crippen LogP contribution in [0, 0.1) is 5.92 Å². The first-order valence-corrected chi connectivity index (χ1v) is 6.77. The summed E-state index contributed by atoms with van der Waals surface area (Å²) < 4.78 is 0. The highest BCUT2D eigenvalue weighted by atomic mass is 33.5. The molecule has 1 saturated heterocycles. The standard InChI is InChI=1S/C5H13NS3/c1-3(2)4-5(6-4)9(7)8/h3-9H,1-2H3/t4-,5-/m0/s1. The third-order valence-electron chi connectivity index (χ3n) is 1.56. The van der Waals surface area contributed by atoms with Crippen LogP contribution in [-0.4, -0.2) is 11.4 Å². The summed E-state index contributed by atoms with van der Waals surface area (Å²) in [6, 6.07) is 0.686. The zero-order valence-corrected chi connectivity index (χ0v) is 8.26. The quantitative estimate of drug-likeness (QED) is 0.292. The van der Waals surface area contributed by atoms with E-state index in [-0.39, 0.29) is 8.96 Å². The molecule has 0 unspecified atom stereocenters. The van der Waals surface area contributed by atoms with Gasteiger partial charge in [-0.05, 0) is 5.92 Å². The second-order valence-electron chi connectivity index (χ2n) is 2.70. The summed E-state index contributed by atoms with van der Waals surface area (Å²) >= 11 is 8.55. The molecule has 0 aromatic rings. The molecule has 0 aliphatic carbocycles. The number of rotatable bonds is 2. The Hall–Kier alpha value is 1.01. The molecular formula is C5H13NS3. The van der Waals surface area contributed by atoms with Crippen molar-refractivity contribution >= 4 is 32.3 Å². The Morgan fingerprint density at radius 3 is 2.11 bits per heavy atom. The van der Waals surface area contributed by atoms with Crippen LogP contribution in [0.15, 0.2) is 0 Å². The molecule has 1 nitrogen and oxygen atoms in total. The fourth-order valence-corrected chi connectivity index (χ4v) is 3.11. The number of hydrogen-bond donors (Lipinski definition) is 4. The first-order valence-electron chi connectivity index (χ1n) is 3.06.